The van der Waals surface area contributed by atoms with Gasteiger partial charge in [-0.1, -0.05) is 13.8 Å². The maximum absolute atomic E-state index is 5.51. The summed E-state index contributed by atoms with van der Waals surface area (Å²) in [5.41, 5.74) is 0. The summed E-state index contributed by atoms with van der Waals surface area (Å²) in [6.07, 6.45) is 2.90. The molecule has 0 aromatic heterocycles. The van der Waals surface area contributed by atoms with Gasteiger partial charge >= 0.3 is 0 Å². The SMILES string of the molecule is CCC1=C(CC)OCCCO1. The van der Waals surface area contributed by atoms with E-state index in [9.17, 15) is 0 Å². The van der Waals surface area contributed by atoms with Gasteiger partial charge in [-0.25, -0.2) is 0 Å². The third kappa shape index (κ3) is 2.14. The van der Waals surface area contributed by atoms with Gasteiger partial charge in [-0.05, 0) is 0 Å². The highest BCUT2D eigenvalue weighted by atomic mass is 16.5. The van der Waals surface area contributed by atoms with Gasteiger partial charge in [0.15, 0.2) is 0 Å². The summed E-state index contributed by atoms with van der Waals surface area (Å²) in [6, 6.07) is 0. The molecular formula is C9H16O2. The van der Waals surface area contributed by atoms with Crippen LogP contribution in [0, 0.1) is 0 Å². The lowest BCUT2D eigenvalue weighted by atomic mass is 10.3. The molecule has 0 atom stereocenters. The average Bonchev–Trinajstić information content (AvgIpc) is 2.27. The van der Waals surface area contributed by atoms with Gasteiger partial charge in [-0.2, -0.15) is 0 Å². The van der Waals surface area contributed by atoms with E-state index in [2.05, 4.69) is 13.8 Å². The van der Waals surface area contributed by atoms with Crippen LogP contribution in [0.1, 0.15) is 33.1 Å². The molecule has 11 heavy (non-hydrogen) atoms. The highest BCUT2D eigenvalue weighted by Gasteiger charge is 2.09. The van der Waals surface area contributed by atoms with Crippen LogP contribution in [0.25, 0.3) is 0 Å². The molecule has 0 saturated carbocycles. The zero-order valence-electron chi connectivity index (χ0n) is 7.35. The Labute approximate surface area is 68.2 Å². The summed E-state index contributed by atoms with van der Waals surface area (Å²) in [5, 5.41) is 0. The smallest absolute Gasteiger partial charge is 0.133 e. The minimum absolute atomic E-state index is 0.812. The Morgan fingerprint density at radius 1 is 1.00 bits per heavy atom. The van der Waals surface area contributed by atoms with Crippen molar-refractivity contribution in [3.8, 4) is 0 Å². The topological polar surface area (TPSA) is 18.5 Å². The van der Waals surface area contributed by atoms with Gasteiger partial charge in [0, 0.05) is 19.3 Å². The van der Waals surface area contributed by atoms with E-state index in [4.69, 9.17) is 9.47 Å². The van der Waals surface area contributed by atoms with E-state index in [0.717, 1.165) is 44.0 Å². The van der Waals surface area contributed by atoms with Gasteiger partial charge in [0.25, 0.3) is 0 Å². The van der Waals surface area contributed by atoms with Crippen LogP contribution in [0.15, 0.2) is 11.5 Å². The highest BCUT2D eigenvalue weighted by molar-refractivity contribution is 5.01. The van der Waals surface area contributed by atoms with E-state index in [-0.39, 0.29) is 0 Å². The first-order valence-corrected chi connectivity index (χ1v) is 4.36. The van der Waals surface area contributed by atoms with E-state index in [1.165, 1.54) is 0 Å². The second-order valence-electron chi connectivity index (χ2n) is 2.60. The number of hydrogen-bond acceptors (Lipinski definition) is 2. The number of rotatable bonds is 2. The third-order valence-electron chi connectivity index (χ3n) is 1.79. The number of ether oxygens (including phenoxy) is 2. The first-order valence-electron chi connectivity index (χ1n) is 4.36. The molecule has 0 spiro atoms. The second kappa shape index (κ2) is 4.27. The van der Waals surface area contributed by atoms with Crippen LogP contribution in [0.3, 0.4) is 0 Å². The molecule has 0 unspecified atom stereocenters. The largest absolute Gasteiger partial charge is 0.494 e. The average molecular weight is 156 g/mol. The van der Waals surface area contributed by atoms with E-state index >= 15 is 0 Å². The Kier molecular flexibility index (Phi) is 3.27. The summed E-state index contributed by atoms with van der Waals surface area (Å²) in [5.74, 6) is 2.09. The Morgan fingerprint density at radius 3 is 1.82 bits per heavy atom. The van der Waals surface area contributed by atoms with Crippen molar-refractivity contribution in [2.75, 3.05) is 13.2 Å². The molecule has 0 bridgehead atoms. The van der Waals surface area contributed by atoms with E-state index in [0.29, 0.717) is 0 Å². The van der Waals surface area contributed by atoms with Crippen molar-refractivity contribution < 1.29 is 9.47 Å². The molecule has 0 saturated heterocycles. The minimum Gasteiger partial charge on any atom is -0.494 e. The van der Waals surface area contributed by atoms with Crippen LogP contribution in [0.5, 0.6) is 0 Å². The van der Waals surface area contributed by atoms with Crippen molar-refractivity contribution in [3.05, 3.63) is 11.5 Å². The maximum atomic E-state index is 5.51. The van der Waals surface area contributed by atoms with Gasteiger partial charge in [0.2, 0.25) is 0 Å². The quantitative estimate of drug-likeness (QED) is 0.611. The Bertz CT molecular complexity index is 134. The van der Waals surface area contributed by atoms with Crippen molar-refractivity contribution in [1.82, 2.24) is 0 Å². The fraction of sp³-hybridized carbons (Fsp3) is 0.778. The van der Waals surface area contributed by atoms with Crippen molar-refractivity contribution in [3.63, 3.8) is 0 Å². The summed E-state index contributed by atoms with van der Waals surface area (Å²) < 4.78 is 11.0. The molecular weight excluding hydrogens is 140 g/mol. The molecule has 2 nitrogen and oxygen atoms in total. The van der Waals surface area contributed by atoms with Crippen LogP contribution < -0.4 is 0 Å². The van der Waals surface area contributed by atoms with Gasteiger partial charge in [0.1, 0.15) is 11.5 Å². The molecule has 0 aliphatic carbocycles. The van der Waals surface area contributed by atoms with Crippen molar-refractivity contribution in [2.24, 2.45) is 0 Å². The maximum Gasteiger partial charge on any atom is 0.133 e. The normalized spacial score (nSPS) is 18.7. The van der Waals surface area contributed by atoms with Crippen LogP contribution in [0.4, 0.5) is 0 Å². The first kappa shape index (κ1) is 8.44. The molecule has 1 heterocycles. The number of allylic oxidation sites excluding steroid dienone is 2. The highest BCUT2D eigenvalue weighted by Crippen LogP contribution is 2.18. The Balaban J connectivity index is 2.64. The lowest BCUT2D eigenvalue weighted by molar-refractivity contribution is 0.204. The van der Waals surface area contributed by atoms with E-state index < -0.39 is 0 Å². The summed E-state index contributed by atoms with van der Waals surface area (Å²) in [7, 11) is 0. The fourth-order valence-corrected chi connectivity index (χ4v) is 1.21. The number of hydrogen-bond donors (Lipinski definition) is 0. The molecule has 0 amide bonds. The zero-order chi connectivity index (χ0) is 8.10. The van der Waals surface area contributed by atoms with Crippen molar-refractivity contribution in [2.45, 2.75) is 33.1 Å². The molecule has 0 aromatic carbocycles. The molecule has 2 heteroatoms. The summed E-state index contributed by atoms with van der Waals surface area (Å²) in [4.78, 5) is 0. The standard InChI is InChI=1S/C9H16O2/c1-3-8-9(4-2)11-7-5-6-10-8/h3-7H2,1-2H3. The van der Waals surface area contributed by atoms with Gasteiger partial charge in [-0.3, -0.25) is 0 Å². The van der Waals surface area contributed by atoms with Gasteiger partial charge < -0.3 is 9.47 Å². The lowest BCUT2D eigenvalue weighted by Gasteiger charge is -2.08. The summed E-state index contributed by atoms with van der Waals surface area (Å²) >= 11 is 0. The van der Waals surface area contributed by atoms with Crippen LogP contribution in [0.2, 0.25) is 0 Å². The van der Waals surface area contributed by atoms with Crippen LogP contribution in [-0.2, 0) is 9.47 Å². The van der Waals surface area contributed by atoms with Crippen molar-refractivity contribution >= 4 is 0 Å². The fourth-order valence-electron chi connectivity index (χ4n) is 1.21. The monoisotopic (exact) mass is 156 g/mol. The van der Waals surface area contributed by atoms with Crippen LogP contribution >= 0.6 is 0 Å². The minimum atomic E-state index is 0.812. The predicted octanol–water partition coefficient (Wildman–Crippen LogP) is 2.45. The molecule has 1 aliphatic heterocycles. The first-order chi connectivity index (χ1) is 5.38. The van der Waals surface area contributed by atoms with Gasteiger partial charge in [-0.15, -0.1) is 0 Å². The zero-order valence-corrected chi connectivity index (χ0v) is 7.35. The molecule has 64 valence electrons. The Hall–Kier alpha value is -0.660. The molecule has 0 radical (unpaired) electrons. The third-order valence-corrected chi connectivity index (χ3v) is 1.79. The van der Waals surface area contributed by atoms with Gasteiger partial charge in [0.05, 0.1) is 13.2 Å². The lowest BCUT2D eigenvalue weighted by Crippen LogP contribution is -1.94. The summed E-state index contributed by atoms with van der Waals surface area (Å²) in [6.45, 7) is 5.82. The molecule has 1 aliphatic rings. The van der Waals surface area contributed by atoms with Crippen molar-refractivity contribution in [1.29, 1.82) is 0 Å². The molecule has 0 N–H and O–H groups in total. The molecule has 1 rings (SSSR count). The van der Waals surface area contributed by atoms with E-state index in [1.54, 1.807) is 0 Å². The predicted molar refractivity (Wildman–Crippen MR) is 44.1 cm³/mol. The van der Waals surface area contributed by atoms with E-state index in [1.807, 2.05) is 0 Å². The van der Waals surface area contributed by atoms with Crippen LogP contribution in [-0.4, -0.2) is 13.2 Å². The molecule has 0 aromatic rings. The Morgan fingerprint density at radius 2 is 1.45 bits per heavy atom. The second-order valence-corrected chi connectivity index (χ2v) is 2.60. The molecule has 0 fully saturated rings.